The topological polar surface area (TPSA) is 76.6 Å². The maximum absolute atomic E-state index is 13.6. The van der Waals surface area contributed by atoms with Crippen molar-refractivity contribution < 1.29 is 14.1 Å². The number of carbonyl (C=O) groups is 1. The number of carbonyl (C=O) groups excluding carboxylic acids is 1. The van der Waals surface area contributed by atoms with Gasteiger partial charge in [0.05, 0.1) is 21.3 Å². The fourth-order valence-electron chi connectivity index (χ4n) is 3.47. The van der Waals surface area contributed by atoms with E-state index in [9.17, 15) is 14.9 Å². The lowest BCUT2D eigenvalue weighted by Crippen LogP contribution is -2.28. The van der Waals surface area contributed by atoms with Crippen molar-refractivity contribution in [3.05, 3.63) is 98.7 Å². The zero-order valence-electron chi connectivity index (χ0n) is 16.1. The molecule has 0 radical (unpaired) electrons. The average Bonchev–Trinajstić information content (AvgIpc) is 3.27. The van der Waals surface area contributed by atoms with Gasteiger partial charge in [-0.1, -0.05) is 47.1 Å². The molecule has 0 bridgehead atoms. The molecule has 5 rings (SSSR count). The average molecular weight is 483 g/mol. The van der Waals surface area contributed by atoms with Crippen molar-refractivity contribution >= 4 is 57.9 Å². The second-order valence-corrected chi connectivity index (χ2v) is 8.83. The van der Waals surface area contributed by atoms with E-state index in [0.717, 1.165) is 9.79 Å². The van der Waals surface area contributed by atoms with E-state index in [0.29, 0.717) is 22.0 Å². The van der Waals surface area contributed by atoms with Gasteiger partial charge >= 0.3 is 0 Å². The van der Waals surface area contributed by atoms with Crippen molar-refractivity contribution in [3.8, 4) is 11.3 Å². The number of nitrogens with zero attached hydrogens (tertiary/aromatic N) is 2. The quantitative estimate of drug-likeness (QED) is 0.222. The number of para-hydroxylation sites is 1. The molecule has 32 heavy (non-hydrogen) atoms. The summed E-state index contributed by atoms with van der Waals surface area (Å²) in [6.07, 6.45) is 0. The van der Waals surface area contributed by atoms with Crippen LogP contribution < -0.4 is 4.90 Å². The van der Waals surface area contributed by atoms with Gasteiger partial charge in [-0.15, -0.1) is 0 Å². The number of fused-ring (bicyclic) bond motifs is 2. The summed E-state index contributed by atoms with van der Waals surface area (Å²) in [6.45, 7) is 0. The van der Waals surface area contributed by atoms with Crippen LogP contribution in [0.25, 0.3) is 11.3 Å². The maximum Gasteiger partial charge on any atom is 0.298 e. The summed E-state index contributed by atoms with van der Waals surface area (Å²) in [4.78, 5) is 27.6. The van der Waals surface area contributed by atoms with Crippen LogP contribution in [-0.4, -0.2) is 10.8 Å². The first-order valence-corrected chi connectivity index (χ1v) is 10.9. The minimum Gasteiger partial charge on any atom is -0.451 e. The smallest absolute Gasteiger partial charge is 0.298 e. The molecule has 1 amide bonds. The Bertz CT molecular complexity index is 1400. The zero-order chi connectivity index (χ0) is 22.4. The molecule has 9 heteroatoms. The number of furan rings is 1. The Labute approximate surface area is 196 Å². The Morgan fingerprint density at radius 2 is 1.72 bits per heavy atom. The molecular formula is C23H12Cl2N2O4S. The molecule has 0 atom stereocenters. The molecular weight excluding hydrogens is 471 g/mol. The van der Waals surface area contributed by atoms with E-state index < -0.39 is 10.8 Å². The van der Waals surface area contributed by atoms with Crippen LogP contribution in [0.4, 0.5) is 17.1 Å². The highest BCUT2D eigenvalue weighted by Crippen LogP contribution is 2.49. The lowest BCUT2D eigenvalue weighted by atomic mass is 10.1. The summed E-state index contributed by atoms with van der Waals surface area (Å²) in [5.74, 6) is -0.0719. The molecule has 1 aliphatic rings. The molecule has 0 N–H and O–H groups in total. The number of benzene rings is 3. The number of non-ortho nitro benzene ring substituents is 1. The first kappa shape index (κ1) is 20.6. The second kappa shape index (κ2) is 8.02. The van der Waals surface area contributed by atoms with E-state index >= 15 is 0 Å². The van der Waals surface area contributed by atoms with E-state index in [1.54, 1.807) is 34.9 Å². The van der Waals surface area contributed by atoms with E-state index in [2.05, 4.69) is 0 Å². The lowest BCUT2D eigenvalue weighted by molar-refractivity contribution is -0.384. The number of rotatable bonds is 3. The van der Waals surface area contributed by atoms with Crippen LogP contribution >= 0.6 is 35.0 Å². The van der Waals surface area contributed by atoms with Gasteiger partial charge in [0.1, 0.15) is 5.76 Å². The van der Waals surface area contributed by atoms with Crippen molar-refractivity contribution in [2.75, 3.05) is 4.90 Å². The molecule has 4 aromatic rings. The lowest BCUT2D eigenvalue weighted by Gasteiger charge is -2.30. The molecule has 6 nitrogen and oxygen atoms in total. The Morgan fingerprint density at radius 3 is 2.53 bits per heavy atom. The summed E-state index contributed by atoms with van der Waals surface area (Å²) in [7, 11) is 0. The molecule has 3 aromatic carbocycles. The van der Waals surface area contributed by atoms with Gasteiger partial charge in [-0.2, -0.15) is 0 Å². The first-order chi connectivity index (χ1) is 15.4. The van der Waals surface area contributed by atoms with Gasteiger partial charge in [-0.05, 0) is 48.5 Å². The van der Waals surface area contributed by atoms with Gasteiger partial charge in [-0.25, -0.2) is 0 Å². The van der Waals surface area contributed by atoms with Gasteiger partial charge < -0.3 is 4.42 Å². The van der Waals surface area contributed by atoms with Crippen molar-refractivity contribution in [2.45, 2.75) is 9.79 Å². The summed E-state index contributed by atoms with van der Waals surface area (Å²) in [6, 6.07) is 20.1. The molecule has 1 aromatic heterocycles. The maximum atomic E-state index is 13.6. The predicted octanol–water partition coefficient (Wildman–Crippen LogP) is 7.60. The molecule has 0 saturated carbocycles. The van der Waals surface area contributed by atoms with Crippen LogP contribution in [0, 0.1) is 10.1 Å². The zero-order valence-corrected chi connectivity index (χ0v) is 18.4. The molecule has 0 fully saturated rings. The standard InChI is InChI=1S/C23H12Cl2N2O4S/c24-13-5-10-22-18(11-13)26(17-3-1-2-4-21(17)32-22)23(28)20-9-8-19(31-20)15-12-14(27(29)30)6-7-16(15)25/h1-12H. The minimum atomic E-state index is -0.516. The largest absolute Gasteiger partial charge is 0.451 e. The van der Waals surface area contributed by atoms with Gasteiger partial charge in [0, 0.05) is 32.5 Å². The highest BCUT2D eigenvalue weighted by Gasteiger charge is 2.31. The highest BCUT2D eigenvalue weighted by atomic mass is 35.5. The van der Waals surface area contributed by atoms with Gasteiger partial charge in [0.25, 0.3) is 11.6 Å². The second-order valence-electron chi connectivity index (χ2n) is 6.91. The Morgan fingerprint density at radius 1 is 0.938 bits per heavy atom. The van der Waals surface area contributed by atoms with E-state index in [4.69, 9.17) is 27.6 Å². The third-order valence-electron chi connectivity index (χ3n) is 4.93. The third kappa shape index (κ3) is 3.54. The van der Waals surface area contributed by atoms with Crippen LogP contribution in [0.2, 0.25) is 10.0 Å². The summed E-state index contributed by atoms with van der Waals surface area (Å²) in [5.41, 5.74) is 1.57. The number of amides is 1. The van der Waals surface area contributed by atoms with Crippen molar-refractivity contribution in [3.63, 3.8) is 0 Å². The molecule has 2 heterocycles. The highest BCUT2D eigenvalue weighted by molar-refractivity contribution is 7.99. The number of nitro groups is 1. The fraction of sp³-hybridized carbons (Fsp3) is 0. The molecule has 158 valence electrons. The van der Waals surface area contributed by atoms with Gasteiger partial charge in [0.2, 0.25) is 0 Å². The van der Waals surface area contributed by atoms with Crippen LogP contribution in [0.15, 0.2) is 87.0 Å². The SMILES string of the molecule is O=C(c1ccc(-c2cc([N+](=O)[O-])ccc2Cl)o1)N1c2ccccc2Sc2ccc(Cl)cc21. The molecule has 0 unspecified atom stereocenters. The third-order valence-corrected chi connectivity index (χ3v) is 6.63. The summed E-state index contributed by atoms with van der Waals surface area (Å²) in [5, 5.41) is 11.9. The Balaban J connectivity index is 1.59. The summed E-state index contributed by atoms with van der Waals surface area (Å²) < 4.78 is 5.82. The van der Waals surface area contributed by atoms with E-state index in [1.807, 2.05) is 30.3 Å². The Hall–Kier alpha value is -3.26. The number of hydrogen-bond acceptors (Lipinski definition) is 5. The fourth-order valence-corrected chi connectivity index (χ4v) is 4.89. The van der Waals surface area contributed by atoms with Crippen LogP contribution in [0.3, 0.4) is 0 Å². The number of halogens is 2. The first-order valence-electron chi connectivity index (χ1n) is 9.37. The number of anilines is 2. The van der Waals surface area contributed by atoms with Gasteiger partial charge in [0.15, 0.2) is 5.76 Å². The van der Waals surface area contributed by atoms with Gasteiger partial charge in [-0.3, -0.25) is 19.8 Å². The molecule has 0 aliphatic carbocycles. The van der Waals surface area contributed by atoms with E-state index in [1.165, 1.54) is 24.3 Å². The van der Waals surface area contributed by atoms with Crippen molar-refractivity contribution in [1.29, 1.82) is 0 Å². The normalized spacial score (nSPS) is 12.2. The van der Waals surface area contributed by atoms with Crippen molar-refractivity contribution in [1.82, 2.24) is 0 Å². The van der Waals surface area contributed by atoms with Crippen LogP contribution in [0.5, 0.6) is 0 Å². The van der Waals surface area contributed by atoms with Crippen LogP contribution in [-0.2, 0) is 0 Å². The number of hydrogen-bond donors (Lipinski definition) is 0. The molecule has 0 spiro atoms. The van der Waals surface area contributed by atoms with E-state index in [-0.39, 0.29) is 22.2 Å². The molecule has 0 saturated heterocycles. The number of nitro benzene ring substituents is 1. The monoisotopic (exact) mass is 482 g/mol. The Kier molecular flexibility index (Phi) is 5.17. The van der Waals surface area contributed by atoms with Crippen molar-refractivity contribution in [2.24, 2.45) is 0 Å². The predicted molar refractivity (Wildman–Crippen MR) is 124 cm³/mol. The van der Waals surface area contributed by atoms with Crippen LogP contribution in [0.1, 0.15) is 10.6 Å². The summed E-state index contributed by atoms with van der Waals surface area (Å²) >= 11 is 14.0. The molecule has 1 aliphatic heterocycles. The minimum absolute atomic E-state index is 0.0650.